The van der Waals surface area contributed by atoms with Crippen LogP contribution in [-0.2, 0) is 13.1 Å². The third-order valence-electron chi connectivity index (χ3n) is 3.27. The maximum Gasteiger partial charge on any atom is 0.248 e. The van der Waals surface area contributed by atoms with Gasteiger partial charge in [-0.05, 0) is 48.4 Å². The van der Waals surface area contributed by atoms with Gasteiger partial charge in [-0.15, -0.1) is 0 Å². The molecule has 0 bridgehead atoms. The monoisotopic (exact) mass is 290 g/mol. The quantitative estimate of drug-likeness (QED) is 0.889. The highest BCUT2D eigenvalue weighted by molar-refractivity contribution is 5.93. The lowest BCUT2D eigenvalue weighted by atomic mass is 10.0. The number of nitrogens with one attached hydrogen (secondary N) is 1. The SMILES string of the molecule is Cc1cc(C(N)=O)ccc1CNCc1cc(F)ccc1F. The summed E-state index contributed by atoms with van der Waals surface area (Å²) in [6.07, 6.45) is 0. The van der Waals surface area contributed by atoms with Gasteiger partial charge in [0.2, 0.25) is 5.91 Å². The van der Waals surface area contributed by atoms with E-state index in [-0.39, 0.29) is 12.1 Å². The van der Waals surface area contributed by atoms with Gasteiger partial charge in [0.25, 0.3) is 0 Å². The first-order valence-corrected chi connectivity index (χ1v) is 6.51. The number of halogens is 2. The van der Waals surface area contributed by atoms with Crippen LogP contribution in [0.25, 0.3) is 0 Å². The Hall–Kier alpha value is -2.27. The smallest absolute Gasteiger partial charge is 0.248 e. The Balaban J connectivity index is 2.00. The van der Waals surface area contributed by atoms with Gasteiger partial charge in [0.15, 0.2) is 0 Å². The lowest BCUT2D eigenvalue weighted by Crippen LogP contribution is -2.16. The lowest BCUT2D eigenvalue weighted by Gasteiger charge is -2.09. The van der Waals surface area contributed by atoms with Gasteiger partial charge in [0, 0.05) is 24.2 Å². The number of rotatable bonds is 5. The van der Waals surface area contributed by atoms with E-state index in [1.807, 2.05) is 6.92 Å². The molecular weight excluding hydrogens is 274 g/mol. The van der Waals surface area contributed by atoms with E-state index in [0.717, 1.165) is 23.3 Å². The van der Waals surface area contributed by atoms with Gasteiger partial charge in [0.1, 0.15) is 11.6 Å². The summed E-state index contributed by atoms with van der Waals surface area (Å²) in [6.45, 7) is 2.58. The zero-order valence-electron chi connectivity index (χ0n) is 11.6. The lowest BCUT2D eigenvalue weighted by molar-refractivity contribution is 0.1000. The van der Waals surface area contributed by atoms with Gasteiger partial charge in [-0.25, -0.2) is 8.78 Å². The molecule has 2 aromatic carbocycles. The van der Waals surface area contributed by atoms with Gasteiger partial charge < -0.3 is 11.1 Å². The third-order valence-corrected chi connectivity index (χ3v) is 3.27. The fraction of sp³-hybridized carbons (Fsp3) is 0.188. The number of primary amides is 1. The molecule has 5 heteroatoms. The van der Waals surface area contributed by atoms with Crippen molar-refractivity contribution in [2.75, 3.05) is 0 Å². The molecule has 3 nitrogen and oxygen atoms in total. The van der Waals surface area contributed by atoms with E-state index in [1.54, 1.807) is 18.2 Å². The second-order valence-electron chi connectivity index (χ2n) is 4.84. The molecule has 0 saturated carbocycles. The van der Waals surface area contributed by atoms with E-state index in [0.29, 0.717) is 12.1 Å². The highest BCUT2D eigenvalue weighted by atomic mass is 19.1. The molecule has 0 spiro atoms. The maximum atomic E-state index is 13.5. The van der Waals surface area contributed by atoms with Crippen LogP contribution in [0.4, 0.5) is 8.78 Å². The van der Waals surface area contributed by atoms with Crippen molar-refractivity contribution in [2.45, 2.75) is 20.0 Å². The second-order valence-corrected chi connectivity index (χ2v) is 4.84. The highest BCUT2D eigenvalue weighted by Gasteiger charge is 2.06. The molecule has 3 N–H and O–H groups in total. The van der Waals surface area contributed by atoms with Crippen LogP contribution in [0.1, 0.15) is 27.0 Å². The van der Waals surface area contributed by atoms with Gasteiger partial charge in [-0.3, -0.25) is 4.79 Å². The highest BCUT2D eigenvalue weighted by Crippen LogP contribution is 2.12. The molecular formula is C16H16F2N2O. The Labute approximate surface area is 121 Å². The molecule has 0 atom stereocenters. The number of amides is 1. The van der Waals surface area contributed by atoms with Crippen molar-refractivity contribution in [2.24, 2.45) is 5.73 Å². The number of hydrogen-bond acceptors (Lipinski definition) is 2. The summed E-state index contributed by atoms with van der Waals surface area (Å²) < 4.78 is 26.5. The van der Waals surface area contributed by atoms with Crippen LogP contribution in [0.15, 0.2) is 36.4 Å². The predicted octanol–water partition coefficient (Wildman–Crippen LogP) is 2.66. The van der Waals surface area contributed by atoms with E-state index in [4.69, 9.17) is 5.73 Å². The minimum absolute atomic E-state index is 0.223. The minimum Gasteiger partial charge on any atom is -0.366 e. The Morgan fingerprint density at radius 3 is 2.48 bits per heavy atom. The molecule has 0 aromatic heterocycles. The number of benzene rings is 2. The summed E-state index contributed by atoms with van der Waals surface area (Å²) in [5, 5.41) is 3.05. The Kier molecular flexibility index (Phi) is 4.65. The molecule has 1 amide bonds. The number of carbonyl (C=O) groups excluding carboxylic acids is 1. The molecule has 0 heterocycles. The summed E-state index contributed by atoms with van der Waals surface area (Å²) in [5.41, 5.74) is 7.82. The number of nitrogens with two attached hydrogens (primary N) is 1. The number of hydrogen-bond donors (Lipinski definition) is 2. The van der Waals surface area contributed by atoms with E-state index < -0.39 is 17.5 Å². The Bertz CT molecular complexity index is 671. The number of carbonyl (C=O) groups is 1. The topological polar surface area (TPSA) is 55.1 Å². The van der Waals surface area contributed by atoms with Gasteiger partial charge in [-0.1, -0.05) is 6.07 Å². The second kappa shape index (κ2) is 6.45. The van der Waals surface area contributed by atoms with E-state index in [9.17, 15) is 13.6 Å². The van der Waals surface area contributed by atoms with Gasteiger partial charge in [-0.2, -0.15) is 0 Å². The molecule has 0 radical (unpaired) electrons. The third kappa shape index (κ3) is 3.86. The average molecular weight is 290 g/mol. The molecule has 21 heavy (non-hydrogen) atoms. The van der Waals surface area contributed by atoms with Crippen molar-refractivity contribution in [3.63, 3.8) is 0 Å². The largest absolute Gasteiger partial charge is 0.366 e. The summed E-state index contributed by atoms with van der Waals surface area (Å²) in [6, 6.07) is 8.53. The average Bonchev–Trinajstić information content (AvgIpc) is 2.44. The normalized spacial score (nSPS) is 10.6. The summed E-state index contributed by atoms with van der Waals surface area (Å²) in [4.78, 5) is 11.1. The predicted molar refractivity (Wildman–Crippen MR) is 76.6 cm³/mol. The molecule has 0 unspecified atom stereocenters. The van der Waals surface area contributed by atoms with Crippen molar-refractivity contribution in [3.05, 3.63) is 70.3 Å². The van der Waals surface area contributed by atoms with Crippen molar-refractivity contribution in [1.29, 1.82) is 0 Å². The van der Waals surface area contributed by atoms with Crippen LogP contribution in [0.2, 0.25) is 0 Å². The molecule has 0 aliphatic heterocycles. The first-order chi connectivity index (χ1) is 9.97. The van der Waals surface area contributed by atoms with Crippen LogP contribution in [0, 0.1) is 18.6 Å². The van der Waals surface area contributed by atoms with Crippen molar-refractivity contribution >= 4 is 5.91 Å². The number of aryl methyl sites for hydroxylation is 1. The summed E-state index contributed by atoms with van der Waals surface area (Å²) in [7, 11) is 0. The first kappa shape index (κ1) is 15.1. The summed E-state index contributed by atoms with van der Waals surface area (Å²) >= 11 is 0. The fourth-order valence-corrected chi connectivity index (χ4v) is 2.06. The zero-order chi connectivity index (χ0) is 15.4. The van der Waals surface area contributed by atoms with Crippen molar-refractivity contribution in [3.8, 4) is 0 Å². The molecule has 110 valence electrons. The Morgan fingerprint density at radius 2 is 1.81 bits per heavy atom. The van der Waals surface area contributed by atoms with Gasteiger partial charge >= 0.3 is 0 Å². The van der Waals surface area contributed by atoms with E-state index in [1.165, 1.54) is 6.07 Å². The van der Waals surface area contributed by atoms with Crippen LogP contribution < -0.4 is 11.1 Å². The molecule has 2 rings (SSSR count). The van der Waals surface area contributed by atoms with Crippen molar-refractivity contribution < 1.29 is 13.6 Å². The van der Waals surface area contributed by atoms with Crippen molar-refractivity contribution in [1.82, 2.24) is 5.32 Å². The van der Waals surface area contributed by atoms with Gasteiger partial charge in [0.05, 0.1) is 0 Å². The van der Waals surface area contributed by atoms with Crippen LogP contribution in [0.5, 0.6) is 0 Å². The maximum absolute atomic E-state index is 13.5. The molecule has 0 saturated heterocycles. The Morgan fingerprint density at radius 1 is 1.10 bits per heavy atom. The van der Waals surface area contributed by atoms with E-state index >= 15 is 0 Å². The minimum atomic E-state index is -0.473. The molecule has 0 aliphatic rings. The zero-order valence-corrected chi connectivity index (χ0v) is 11.6. The molecule has 0 fully saturated rings. The van der Waals surface area contributed by atoms with E-state index in [2.05, 4.69) is 5.32 Å². The summed E-state index contributed by atoms with van der Waals surface area (Å²) in [5.74, 6) is -1.38. The standard InChI is InChI=1S/C16H16F2N2O/c1-10-6-11(16(19)21)2-3-12(10)8-20-9-13-7-14(17)4-5-15(13)18/h2-7,20H,8-9H2,1H3,(H2,19,21). The van der Waals surface area contributed by atoms with Crippen LogP contribution in [-0.4, -0.2) is 5.91 Å². The first-order valence-electron chi connectivity index (χ1n) is 6.51. The fourth-order valence-electron chi connectivity index (χ4n) is 2.06. The van der Waals surface area contributed by atoms with Crippen LogP contribution >= 0.6 is 0 Å². The molecule has 2 aromatic rings. The van der Waals surface area contributed by atoms with Crippen LogP contribution in [0.3, 0.4) is 0 Å². The molecule has 0 aliphatic carbocycles.